The number of nitrogens with one attached hydrogen (secondary N) is 2. The van der Waals surface area contributed by atoms with Crippen LogP contribution in [0.4, 0.5) is 0 Å². The quantitative estimate of drug-likeness (QED) is 0.779. The van der Waals surface area contributed by atoms with E-state index in [1.165, 1.54) is 19.1 Å². The first-order chi connectivity index (χ1) is 10.3. The average Bonchev–Trinajstić information content (AvgIpc) is 2.45. The molecule has 130 valence electrons. The van der Waals surface area contributed by atoms with Crippen LogP contribution >= 0.6 is 0 Å². The minimum Gasteiger partial charge on any atom is -0.377 e. The fraction of sp³-hybridized carbons (Fsp3) is 1.00. The maximum Gasteiger partial charge on any atom is 0.209 e. The van der Waals surface area contributed by atoms with Gasteiger partial charge in [0.1, 0.15) is 0 Å². The molecule has 2 atom stereocenters. The summed E-state index contributed by atoms with van der Waals surface area (Å²) in [5.41, 5.74) is 0. The van der Waals surface area contributed by atoms with Gasteiger partial charge in [-0.2, -0.15) is 0 Å². The highest BCUT2D eigenvalue weighted by molar-refractivity contribution is 7.88. The van der Waals surface area contributed by atoms with Crippen LogP contribution in [0, 0.1) is 11.8 Å². The third kappa shape index (κ3) is 5.80. The Kier molecular flexibility index (Phi) is 6.68. The number of piperidine rings is 1. The molecule has 22 heavy (non-hydrogen) atoms. The Hall–Kier alpha value is -0.170. The van der Waals surface area contributed by atoms with Crippen molar-refractivity contribution in [3.63, 3.8) is 0 Å². The van der Waals surface area contributed by atoms with E-state index in [0.29, 0.717) is 12.7 Å². The summed E-state index contributed by atoms with van der Waals surface area (Å²) in [4.78, 5) is 0. The van der Waals surface area contributed by atoms with Gasteiger partial charge >= 0.3 is 0 Å². The number of hydrogen-bond donors (Lipinski definition) is 2. The molecule has 2 aliphatic rings. The fourth-order valence-electron chi connectivity index (χ4n) is 3.71. The molecule has 5 nitrogen and oxygen atoms in total. The minimum atomic E-state index is -3.16. The van der Waals surface area contributed by atoms with Crippen LogP contribution in [0.1, 0.15) is 52.4 Å². The lowest BCUT2D eigenvalue weighted by Crippen LogP contribution is -2.55. The third-order valence-electron chi connectivity index (χ3n) is 5.12. The van der Waals surface area contributed by atoms with Gasteiger partial charge in [0, 0.05) is 12.1 Å². The van der Waals surface area contributed by atoms with Crippen molar-refractivity contribution < 1.29 is 13.2 Å². The Morgan fingerprint density at radius 3 is 2.45 bits per heavy atom. The Labute approximate surface area is 135 Å². The van der Waals surface area contributed by atoms with E-state index in [1.807, 2.05) is 0 Å². The molecule has 2 N–H and O–H groups in total. The summed E-state index contributed by atoms with van der Waals surface area (Å²) in [6.45, 7) is 6.15. The average molecular weight is 333 g/mol. The zero-order chi connectivity index (χ0) is 16.2. The summed E-state index contributed by atoms with van der Waals surface area (Å²) in [6, 6.07) is 0.0436. The van der Waals surface area contributed by atoms with Crippen molar-refractivity contribution in [1.29, 1.82) is 0 Å². The summed E-state index contributed by atoms with van der Waals surface area (Å²) in [5, 5.41) is 3.41. The first-order valence-electron chi connectivity index (χ1n) is 8.67. The Morgan fingerprint density at radius 1 is 1.18 bits per heavy atom. The molecular formula is C16H32N2O3S. The highest BCUT2D eigenvalue weighted by Gasteiger charge is 2.29. The van der Waals surface area contributed by atoms with Crippen molar-refractivity contribution in [3.05, 3.63) is 0 Å². The van der Waals surface area contributed by atoms with E-state index in [-0.39, 0.29) is 12.1 Å². The summed E-state index contributed by atoms with van der Waals surface area (Å²) in [7, 11) is -3.16. The molecule has 2 rings (SSSR count). The summed E-state index contributed by atoms with van der Waals surface area (Å²) < 4.78 is 31.8. The van der Waals surface area contributed by atoms with E-state index >= 15 is 0 Å². The van der Waals surface area contributed by atoms with Crippen molar-refractivity contribution in [3.8, 4) is 0 Å². The van der Waals surface area contributed by atoms with Crippen LogP contribution in [0.3, 0.4) is 0 Å². The van der Waals surface area contributed by atoms with Crippen molar-refractivity contribution >= 4 is 10.0 Å². The lowest BCUT2D eigenvalue weighted by molar-refractivity contribution is -0.00404. The Bertz CT molecular complexity index is 431. The van der Waals surface area contributed by atoms with Gasteiger partial charge in [0.05, 0.1) is 19.0 Å². The van der Waals surface area contributed by atoms with Crippen LogP contribution in [0.15, 0.2) is 0 Å². The van der Waals surface area contributed by atoms with Gasteiger partial charge in [-0.1, -0.05) is 13.8 Å². The highest BCUT2D eigenvalue weighted by atomic mass is 32.2. The lowest BCUT2D eigenvalue weighted by atomic mass is 9.80. The Balaban J connectivity index is 1.77. The second kappa shape index (κ2) is 8.08. The largest absolute Gasteiger partial charge is 0.377 e. The SMILES string of the molecule is CC(C)C1CCC(OC[C@@H]2NCCC[C@@H]2NS(C)(=O)=O)CC1. The van der Waals surface area contributed by atoms with Crippen LogP contribution in [-0.4, -0.2) is 46.0 Å². The minimum absolute atomic E-state index is 0.0456. The maximum atomic E-state index is 11.5. The van der Waals surface area contributed by atoms with Gasteiger partial charge < -0.3 is 10.1 Å². The molecule has 0 aromatic carbocycles. The van der Waals surface area contributed by atoms with Gasteiger partial charge in [-0.15, -0.1) is 0 Å². The van der Waals surface area contributed by atoms with Gasteiger partial charge in [-0.25, -0.2) is 13.1 Å². The second-order valence-electron chi connectivity index (χ2n) is 7.31. The number of rotatable bonds is 6. The molecule has 6 heteroatoms. The fourth-order valence-corrected chi connectivity index (χ4v) is 4.54. The second-order valence-corrected chi connectivity index (χ2v) is 9.09. The number of sulfonamides is 1. The first kappa shape index (κ1) is 18.2. The Morgan fingerprint density at radius 2 is 1.86 bits per heavy atom. The molecule has 1 heterocycles. The van der Waals surface area contributed by atoms with E-state index in [2.05, 4.69) is 23.9 Å². The van der Waals surface area contributed by atoms with Gasteiger partial charge in [-0.05, 0) is 56.9 Å². The summed E-state index contributed by atoms with van der Waals surface area (Å²) in [6.07, 6.45) is 8.25. The van der Waals surface area contributed by atoms with Gasteiger partial charge in [0.15, 0.2) is 0 Å². The molecule has 0 bridgehead atoms. The molecule has 0 spiro atoms. The zero-order valence-corrected chi connectivity index (χ0v) is 15.0. The highest BCUT2D eigenvalue weighted by Crippen LogP contribution is 2.31. The maximum absolute atomic E-state index is 11.5. The molecule has 0 unspecified atom stereocenters. The lowest BCUT2D eigenvalue weighted by Gasteiger charge is -2.35. The molecule has 0 radical (unpaired) electrons. The van der Waals surface area contributed by atoms with Crippen molar-refractivity contribution in [2.24, 2.45) is 11.8 Å². The van der Waals surface area contributed by atoms with Crippen molar-refractivity contribution in [2.45, 2.75) is 70.6 Å². The summed E-state index contributed by atoms with van der Waals surface area (Å²) in [5.74, 6) is 1.61. The standard InChI is InChI=1S/C16H32N2O3S/c1-12(2)13-6-8-14(9-7-13)21-11-16-15(5-4-10-17-16)18-22(3,19)20/h12-18H,4-11H2,1-3H3/t13?,14?,15-,16-/m0/s1. The number of hydrogen-bond acceptors (Lipinski definition) is 4. The number of ether oxygens (including phenoxy) is 1. The molecule has 1 saturated heterocycles. The van der Waals surface area contributed by atoms with E-state index in [9.17, 15) is 8.42 Å². The molecule has 0 aromatic rings. The first-order valence-corrected chi connectivity index (χ1v) is 10.6. The van der Waals surface area contributed by atoms with E-state index in [1.54, 1.807) is 0 Å². The molecule has 0 aromatic heterocycles. The molecule has 0 amide bonds. The van der Waals surface area contributed by atoms with Crippen LogP contribution in [0.2, 0.25) is 0 Å². The van der Waals surface area contributed by atoms with E-state index in [4.69, 9.17) is 4.74 Å². The van der Waals surface area contributed by atoms with Gasteiger partial charge in [0.25, 0.3) is 0 Å². The van der Waals surface area contributed by atoms with Crippen molar-refractivity contribution in [1.82, 2.24) is 10.0 Å². The van der Waals surface area contributed by atoms with E-state index in [0.717, 1.165) is 44.1 Å². The third-order valence-corrected chi connectivity index (χ3v) is 5.85. The van der Waals surface area contributed by atoms with Gasteiger partial charge in [0.2, 0.25) is 10.0 Å². The van der Waals surface area contributed by atoms with E-state index < -0.39 is 10.0 Å². The molecule has 2 fully saturated rings. The van der Waals surface area contributed by atoms with Crippen molar-refractivity contribution in [2.75, 3.05) is 19.4 Å². The van der Waals surface area contributed by atoms with Crippen LogP contribution in [0.5, 0.6) is 0 Å². The molecule has 1 saturated carbocycles. The summed E-state index contributed by atoms with van der Waals surface area (Å²) >= 11 is 0. The predicted octanol–water partition coefficient (Wildman–Crippen LogP) is 1.89. The molecule has 1 aliphatic carbocycles. The monoisotopic (exact) mass is 332 g/mol. The topological polar surface area (TPSA) is 67.4 Å². The van der Waals surface area contributed by atoms with Crippen LogP contribution in [-0.2, 0) is 14.8 Å². The van der Waals surface area contributed by atoms with Crippen LogP contribution in [0.25, 0.3) is 0 Å². The molecular weight excluding hydrogens is 300 g/mol. The van der Waals surface area contributed by atoms with Crippen LogP contribution < -0.4 is 10.0 Å². The molecule has 1 aliphatic heterocycles. The smallest absolute Gasteiger partial charge is 0.209 e. The predicted molar refractivity (Wildman–Crippen MR) is 89.3 cm³/mol. The van der Waals surface area contributed by atoms with Gasteiger partial charge in [-0.3, -0.25) is 0 Å². The normalized spacial score (nSPS) is 34.0. The zero-order valence-electron chi connectivity index (χ0n) is 14.2.